The molecule has 132 valence electrons. The number of alkyl halides is 3. The molecule has 10 heteroatoms. The number of halogens is 3. The molecule has 1 fully saturated rings. The summed E-state index contributed by atoms with van der Waals surface area (Å²) < 4.78 is 64.4. The number of ether oxygens (including phenoxy) is 1. The fourth-order valence-electron chi connectivity index (χ4n) is 2.19. The van der Waals surface area contributed by atoms with Crippen LogP contribution in [-0.2, 0) is 25.5 Å². The number of carbonyl (C=O) groups is 2. The number of benzene rings is 1. The summed E-state index contributed by atoms with van der Waals surface area (Å²) in [6, 6.07) is 2.85. The van der Waals surface area contributed by atoms with Crippen LogP contribution in [0.3, 0.4) is 0 Å². The first-order valence-corrected chi connectivity index (χ1v) is 8.73. The largest absolute Gasteiger partial charge is 0.452 e. The van der Waals surface area contributed by atoms with Crippen molar-refractivity contribution in [3.05, 3.63) is 35.4 Å². The molecule has 0 aliphatic carbocycles. The fourth-order valence-corrected chi connectivity index (χ4v) is 3.86. The van der Waals surface area contributed by atoms with Crippen LogP contribution < -0.4 is 5.32 Å². The van der Waals surface area contributed by atoms with Crippen LogP contribution in [-0.4, -0.2) is 44.4 Å². The zero-order valence-corrected chi connectivity index (χ0v) is 13.1. The van der Waals surface area contributed by atoms with E-state index in [0.29, 0.717) is 6.42 Å². The van der Waals surface area contributed by atoms with Gasteiger partial charge in [0.25, 0.3) is 5.91 Å². The van der Waals surface area contributed by atoms with Gasteiger partial charge in [0.1, 0.15) is 0 Å². The lowest BCUT2D eigenvalue weighted by molar-refractivity contribution is -0.137. The quantitative estimate of drug-likeness (QED) is 0.809. The maximum atomic E-state index is 12.4. The molecule has 0 saturated carbocycles. The first-order chi connectivity index (χ1) is 11.1. The van der Waals surface area contributed by atoms with Gasteiger partial charge in [0, 0.05) is 6.04 Å². The van der Waals surface area contributed by atoms with Gasteiger partial charge in [-0.2, -0.15) is 13.2 Å². The van der Waals surface area contributed by atoms with E-state index in [1.807, 2.05) is 0 Å². The van der Waals surface area contributed by atoms with Crippen LogP contribution in [0.15, 0.2) is 24.3 Å². The molecular formula is C14H14F3NO5S. The molecule has 0 unspecified atom stereocenters. The predicted octanol–water partition coefficient (Wildman–Crippen LogP) is 1.17. The number of esters is 1. The van der Waals surface area contributed by atoms with Gasteiger partial charge in [-0.05, 0) is 30.7 Å². The van der Waals surface area contributed by atoms with Crippen molar-refractivity contribution in [3.8, 4) is 0 Å². The Balaban J connectivity index is 1.83. The van der Waals surface area contributed by atoms with E-state index in [4.69, 9.17) is 4.74 Å². The van der Waals surface area contributed by atoms with Gasteiger partial charge in [0.05, 0.1) is 22.6 Å². The summed E-state index contributed by atoms with van der Waals surface area (Å²) in [5.41, 5.74) is -1.03. The van der Waals surface area contributed by atoms with Gasteiger partial charge < -0.3 is 10.1 Å². The molecule has 0 aromatic heterocycles. The van der Waals surface area contributed by atoms with Crippen molar-refractivity contribution in [1.82, 2.24) is 5.32 Å². The third-order valence-corrected chi connectivity index (χ3v) is 5.15. The summed E-state index contributed by atoms with van der Waals surface area (Å²) in [4.78, 5) is 23.3. The lowest BCUT2D eigenvalue weighted by Crippen LogP contribution is -2.38. The highest BCUT2D eigenvalue weighted by Gasteiger charge is 2.31. The zero-order chi connectivity index (χ0) is 18.0. The fraction of sp³-hybridized carbons (Fsp3) is 0.429. The van der Waals surface area contributed by atoms with Crippen molar-refractivity contribution >= 4 is 21.7 Å². The second-order valence-electron chi connectivity index (χ2n) is 5.32. The number of rotatable bonds is 4. The molecule has 1 aliphatic heterocycles. The molecule has 0 bridgehead atoms. The molecule has 1 aromatic rings. The van der Waals surface area contributed by atoms with Crippen molar-refractivity contribution in [2.24, 2.45) is 0 Å². The predicted molar refractivity (Wildman–Crippen MR) is 76.9 cm³/mol. The summed E-state index contributed by atoms with van der Waals surface area (Å²) in [5.74, 6) is -1.79. The standard InChI is InChI=1S/C14H14F3NO5S/c15-14(16,17)10-3-1-9(2-4-10)13(20)23-7-12(19)18-11-5-6-24(21,22)8-11/h1-4,11H,5-8H2,(H,18,19)/t11-/m1/s1. The van der Waals surface area contributed by atoms with E-state index in [0.717, 1.165) is 24.3 Å². The minimum atomic E-state index is -4.51. The van der Waals surface area contributed by atoms with Crippen molar-refractivity contribution in [2.45, 2.75) is 18.6 Å². The summed E-state index contributed by atoms with van der Waals surface area (Å²) in [7, 11) is -3.15. The minimum absolute atomic E-state index is 0.0106. The number of carbonyl (C=O) groups excluding carboxylic acids is 2. The van der Waals surface area contributed by atoms with E-state index in [1.54, 1.807) is 0 Å². The van der Waals surface area contributed by atoms with Crippen molar-refractivity contribution < 1.29 is 35.9 Å². The summed E-state index contributed by atoms with van der Waals surface area (Å²) in [5, 5.41) is 2.43. The Morgan fingerprint density at radius 3 is 2.33 bits per heavy atom. The van der Waals surface area contributed by atoms with Crippen LogP contribution in [0.1, 0.15) is 22.3 Å². The van der Waals surface area contributed by atoms with Crippen LogP contribution in [0.2, 0.25) is 0 Å². The van der Waals surface area contributed by atoms with Crippen LogP contribution >= 0.6 is 0 Å². The third kappa shape index (κ3) is 4.95. The molecule has 1 aliphatic rings. The molecule has 1 aromatic carbocycles. The van der Waals surface area contributed by atoms with Gasteiger partial charge >= 0.3 is 12.1 Å². The van der Waals surface area contributed by atoms with Gasteiger partial charge in [0.15, 0.2) is 16.4 Å². The number of sulfone groups is 1. The lowest BCUT2D eigenvalue weighted by Gasteiger charge is -2.11. The van der Waals surface area contributed by atoms with Gasteiger partial charge in [-0.15, -0.1) is 0 Å². The minimum Gasteiger partial charge on any atom is -0.452 e. The molecule has 0 radical (unpaired) electrons. The van der Waals surface area contributed by atoms with E-state index < -0.39 is 46.1 Å². The molecular weight excluding hydrogens is 351 g/mol. The van der Waals surface area contributed by atoms with E-state index in [-0.39, 0.29) is 17.1 Å². The monoisotopic (exact) mass is 365 g/mol. The molecule has 0 spiro atoms. The van der Waals surface area contributed by atoms with E-state index in [1.165, 1.54) is 0 Å². The normalized spacial score (nSPS) is 19.7. The molecule has 1 amide bonds. The van der Waals surface area contributed by atoms with Crippen LogP contribution in [0.25, 0.3) is 0 Å². The number of hydrogen-bond acceptors (Lipinski definition) is 5. The Bertz CT molecular complexity index is 728. The Morgan fingerprint density at radius 2 is 1.83 bits per heavy atom. The van der Waals surface area contributed by atoms with E-state index in [9.17, 15) is 31.2 Å². The van der Waals surface area contributed by atoms with Crippen molar-refractivity contribution in [2.75, 3.05) is 18.1 Å². The highest BCUT2D eigenvalue weighted by molar-refractivity contribution is 7.91. The lowest BCUT2D eigenvalue weighted by atomic mass is 10.1. The van der Waals surface area contributed by atoms with Gasteiger partial charge in [0.2, 0.25) is 0 Å². The molecule has 1 saturated heterocycles. The Kier molecular flexibility index (Phi) is 5.16. The summed E-state index contributed by atoms with van der Waals surface area (Å²) in [6.07, 6.45) is -4.22. The Hall–Kier alpha value is -2.10. The number of hydrogen-bond donors (Lipinski definition) is 1. The summed E-state index contributed by atoms with van der Waals surface area (Å²) >= 11 is 0. The van der Waals surface area contributed by atoms with Crippen molar-refractivity contribution in [3.63, 3.8) is 0 Å². The average Bonchev–Trinajstić information content (AvgIpc) is 2.83. The second kappa shape index (κ2) is 6.80. The first kappa shape index (κ1) is 18.2. The number of amides is 1. The smallest absolute Gasteiger partial charge is 0.416 e. The third-order valence-electron chi connectivity index (χ3n) is 3.38. The second-order valence-corrected chi connectivity index (χ2v) is 7.55. The molecule has 1 heterocycles. The Morgan fingerprint density at radius 1 is 1.21 bits per heavy atom. The maximum Gasteiger partial charge on any atom is 0.416 e. The first-order valence-electron chi connectivity index (χ1n) is 6.91. The van der Waals surface area contributed by atoms with Gasteiger partial charge in [-0.1, -0.05) is 0 Å². The zero-order valence-electron chi connectivity index (χ0n) is 12.3. The van der Waals surface area contributed by atoms with E-state index in [2.05, 4.69) is 5.32 Å². The van der Waals surface area contributed by atoms with Crippen molar-refractivity contribution in [1.29, 1.82) is 0 Å². The van der Waals surface area contributed by atoms with E-state index >= 15 is 0 Å². The highest BCUT2D eigenvalue weighted by Crippen LogP contribution is 2.29. The molecule has 2 rings (SSSR count). The number of nitrogens with one attached hydrogen (secondary N) is 1. The van der Waals surface area contributed by atoms with Crippen LogP contribution in [0.5, 0.6) is 0 Å². The molecule has 1 atom stereocenters. The highest BCUT2D eigenvalue weighted by atomic mass is 32.2. The van der Waals surface area contributed by atoms with Gasteiger partial charge in [-0.25, -0.2) is 13.2 Å². The molecule has 6 nitrogen and oxygen atoms in total. The maximum absolute atomic E-state index is 12.4. The van der Waals surface area contributed by atoms with Crippen LogP contribution in [0, 0.1) is 0 Å². The average molecular weight is 365 g/mol. The topological polar surface area (TPSA) is 89.5 Å². The Labute approximate surface area is 135 Å². The van der Waals surface area contributed by atoms with Gasteiger partial charge in [-0.3, -0.25) is 4.79 Å². The summed E-state index contributed by atoms with van der Waals surface area (Å²) in [6.45, 7) is -0.642. The molecule has 24 heavy (non-hydrogen) atoms. The SMILES string of the molecule is O=C(COC(=O)c1ccc(C(F)(F)F)cc1)N[C@@H]1CCS(=O)(=O)C1. The molecule has 1 N–H and O–H groups in total. The van der Waals surface area contributed by atoms with Crippen LogP contribution in [0.4, 0.5) is 13.2 Å².